The minimum Gasteiger partial charge on any atom is -0.245 e. The van der Waals surface area contributed by atoms with E-state index >= 15 is 0 Å². The first-order valence-electron chi connectivity index (χ1n) is 3.54. The number of hydrogen-bond donors (Lipinski definition) is 0. The fourth-order valence-corrected chi connectivity index (χ4v) is 1.66. The van der Waals surface area contributed by atoms with Crippen LogP contribution in [0.25, 0.3) is 0 Å². The molecular weight excluding hydrogens is 308 g/mol. The summed E-state index contributed by atoms with van der Waals surface area (Å²) in [6.45, 7) is 0. The van der Waals surface area contributed by atoms with E-state index in [1.165, 1.54) is 28.7 Å². The van der Waals surface area contributed by atoms with Crippen molar-refractivity contribution < 1.29 is 13.2 Å². The highest BCUT2D eigenvalue weighted by Crippen LogP contribution is 2.31. The normalized spacial score (nSPS) is 11.1. The average Bonchev–Trinajstić information content (AvgIpc) is 2.02. The maximum Gasteiger partial charge on any atom is 0.418 e. The van der Waals surface area contributed by atoms with Gasteiger partial charge in [0, 0.05) is 0 Å². The van der Waals surface area contributed by atoms with Crippen molar-refractivity contribution in [3.05, 3.63) is 27.1 Å². The van der Waals surface area contributed by atoms with Crippen molar-refractivity contribution in [2.24, 2.45) is 0 Å². The van der Waals surface area contributed by atoms with Crippen LogP contribution in [0.4, 0.5) is 13.2 Å². The monoisotopic (exact) mass is 312 g/mol. The highest BCUT2D eigenvalue weighted by Gasteiger charge is 2.33. The van der Waals surface area contributed by atoms with Crippen LogP contribution in [0.3, 0.4) is 0 Å². The van der Waals surface area contributed by atoms with E-state index in [9.17, 15) is 13.2 Å². The molecule has 0 aliphatic carbocycles. The van der Waals surface area contributed by atoms with Crippen molar-refractivity contribution in [1.29, 1.82) is 5.26 Å². The van der Waals surface area contributed by atoms with Gasteiger partial charge >= 0.3 is 6.18 Å². The van der Waals surface area contributed by atoms with E-state index in [2.05, 4.69) is 4.98 Å². The number of alkyl halides is 3. The third-order valence-electron chi connectivity index (χ3n) is 1.47. The summed E-state index contributed by atoms with van der Waals surface area (Å²) in [4.78, 5) is 3.67. The highest BCUT2D eigenvalue weighted by molar-refractivity contribution is 14.1. The van der Waals surface area contributed by atoms with Crippen LogP contribution < -0.4 is 0 Å². The molecule has 1 rings (SSSR count). The van der Waals surface area contributed by atoms with Gasteiger partial charge in [0.1, 0.15) is 3.70 Å². The Kier molecular flexibility index (Phi) is 3.31. The molecule has 0 saturated carbocycles. The number of nitriles is 1. The molecule has 1 aromatic rings. The molecule has 0 aliphatic rings. The zero-order valence-corrected chi connectivity index (χ0v) is 8.93. The maximum absolute atomic E-state index is 12.3. The van der Waals surface area contributed by atoms with Gasteiger partial charge in [-0.25, -0.2) is 4.98 Å². The summed E-state index contributed by atoms with van der Waals surface area (Å²) in [5.41, 5.74) is -0.412. The topological polar surface area (TPSA) is 36.7 Å². The van der Waals surface area contributed by atoms with E-state index in [0.29, 0.717) is 5.69 Å². The zero-order chi connectivity index (χ0) is 10.8. The van der Waals surface area contributed by atoms with Gasteiger partial charge in [-0.3, -0.25) is 0 Å². The zero-order valence-electron chi connectivity index (χ0n) is 6.77. The minimum atomic E-state index is -4.38. The molecule has 0 aromatic carbocycles. The van der Waals surface area contributed by atoms with E-state index in [-0.39, 0.29) is 10.1 Å². The van der Waals surface area contributed by atoms with Gasteiger partial charge in [-0.15, -0.1) is 0 Å². The molecule has 0 N–H and O–H groups in total. The summed E-state index contributed by atoms with van der Waals surface area (Å²) in [6.07, 6.45) is -4.36. The molecule has 0 radical (unpaired) electrons. The Morgan fingerprint density at radius 2 is 2.07 bits per heavy atom. The van der Waals surface area contributed by atoms with Crippen LogP contribution in [0.1, 0.15) is 11.3 Å². The van der Waals surface area contributed by atoms with Gasteiger partial charge in [0.05, 0.1) is 23.7 Å². The van der Waals surface area contributed by atoms with Crippen molar-refractivity contribution in [2.45, 2.75) is 12.6 Å². The van der Waals surface area contributed by atoms with Gasteiger partial charge in [-0.1, -0.05) is 0 Å². The summed E-state index contributed by atoms with van der Waals surface area (Å²) in [7, 11) is 0. The molecule has 0 spiro atoms. The van der Waals surface area contributed by atoms with Crippen LogP contribution in [0.5, 0.6) is 0 Å². The second kappa shape index (κ2) is 4.13. The molecule has 1 heterocycles. The second-order valence-electron chi connectivity index (χ2n) is 2.47. The largest absolute Gasteiger partial charge is 0.418 e. The Morgan fingerprint density at radius 1 is 1.43 bits per heavy atom. The van der Waals surface area contributed by atoms with Crippen molar-refractivity contribution in [3.8, 4) is 6.07 Å². The molecule has 0 atom stereocenters. The van der Waals surface area contributed by atoms with Gasteiger partial charge in [-0.2, -0.15) is 18.4 Å². The number of pyridine rings is 1. The molecular formula is C8H4F3IN2. The van der Waals surface area contributed by atoms with Crippen LogP contribution in [0, 0.1) is 15.0 Å². The average molecular weight is 312 g/mol. The molecule has 0 unspecified atom stereocenters. The number of aromatic nitrogens is 1. The first-order chi connectivity index (χ1) is 6.45. The van der Waals surface area contributed by atoms with Gasteiger partial charge in [-0.05, 0) is 34.7 Å². The first-order valence-corrected chi connectivity index (χ1v) is 4.62. The third-order valence-corrected chi connectivity index (χ3v) is 2.29. The van der Waals surface area contributed by atoms with E-state index < -0.39 is 11.7 Å². The van der Waals surface area contributed by atoms with E-state index in [0.717, 1.165) is 6.07 Å². The lowest BCUT2D eigenvalue weighted by Crippen LogP contribution is -2.09. The van der Waals surface area contributed by atoms with Crippen LogP contribution in [-0.2, 0) is 12.6 Å². The fraction of sp³-hybridized carbons (Fsp3) is 0.250. The fourth-order valence-electron chi connectivity index (χ4n) is 0.863. The van der Waals surface area contributed by atoms with Crippen molar-refractivity contribution in [2.75, 3.05) is 0 Å². The number of rotatable bonds is 1. The van der Waals surface area contributed by atoms with Crippen LogP contribution in [0.15, 0.2) is 12.1 Å². The summed E-state index contributed by atoms with van der Waals surface area (Å²) in [5.74, 6) is 0. The van der Waals surface area contributed by atoms with Crippen LogP contribution in [0.2, 0.25) is 0 Å². The smallest absolute Gasteiger partial charge is 0.245 e. The van der Waals surface area contributed by atoms with Gasteiger partial charge in [0.25, 0.3) is 0 Å². The van der Waals surface area contributed by atoms with Crippen molar-refractivity contribution in [1.82, 2.24) is 4.98 Å². The van der Waals surface area contributed by atoms with Gasteiger partial charge in [0.15, 0.2) is 0 Å². The maximum atomic E-state index is 12.3. The first kappa shape index (κ1) is 11.2. The summed E-state index contributed by atoms with van der Waals surface area (Å²) < 4.78 is 36.6. The highest BCUT2D eigenvalue weighted by atomic mass is 127. The molecule has 1 aromatic heterocycles. The third kappa shape index (κ3) is 2.57. The molecule has 14 heavy (non-hydrogen) atoms. The number of halogens is 4. The van der Waals surface area contributed by atoms with E-state index in [1.54, 1.807) is 0 Å². The Morgan fingerprint density at radius 3 is 2.50 bits per heavy atom. The molecule has 0 bridgehead atoms. The lowest BCUT2D eigenvalue weighted by molar-refractivity contribution is -0.138. The molecule has 0 aliphatic heterocycles. The predicted molar refractivity (Wildman–Crippen MR) is 51.3 cm³/mol. The van der Waals surface area contributed by atoms with Crippen LogP contribution >= 0.6 is 22.6 Å². The molecule has 6 heteroatoms. The van der Waals surface area contributed by atoms with Gasteiger partial charge in [0.2, 0.25) is 0 Å². The van der Waals surface area contributed by atoms with Crippen molar-refractivity contribution in [3.63, 3.8) is 0 Å². The minimum absolute atomic E-state index is 0.0220. The molecule has 0 amide bonds. The Labute approximate surface area is 91.9 Å². The summed E-state index contributed by atoms with van der Waals surface area (Å²) >= 11 is 1.51. The Hall–Kier alpha value is -0.840. The lowest BCUT2D eigenvalue weighted by Gasteiger charge is -2.08. The predicted octanol–water partition coefficient (Wildman–Crippen LogP) is 2.77. The lowest BCUT2D eigenvalue weighted by atomic mass is 10.2. The van der Waals surface area contributed by atoms with E-state index in [1.807, 2.05) is 6.07 Å². The van der Waals surface area contributed by atoms with E-state index in [4.69, 9.17) is 5.26 Å². The SMILES string of the molecule is N#CCc1ccc(C(F)(F)F)c(I)n1. The van der Waals surface area contributed by atoms with Crippen LogP contribution in [-0.4, -0.2) is 4.98 Å². The molecule has 0 fully saturated rings. The number of nitrogens with zero attached hydrogens (tertiary/aromatic N) is 2. The summed E-state index contributed by atoms with van der Waals surface area (Å²) in [6, 6.07) is 3.98. The van der Waals surface area contributed by atoms with Gasteiger partial charge < -0.3 is 0 Å². The quantitative estimate of drug-likeness (QED) is 0.590. The standard InChI is InChI=1S/C8H4F3IN2/c9-8(10,11)6-2-1-5(3-4-13)14-7(6)12/h1-2H,3H2. The molecule has 0 saturated heterocycles. The second-order valence-corrected chi connectivity index (χ2v) is 3.50. The van der Waals surface area contributed by atoms with Crippen molar-refractivity contribution >= 4 is 22.6 Å². The molecule has 2 nitrogen and oxygen atoms in total. The Bertz CT molecular complexity index is 381. The number of hydrogen-bond acceptors (Lipinski definition) is 2. The Balaban J connectivity index is 3.09. The summed E-state index contributed by atoms with van der Waals surface area (Å²) in [5, 5.41) is 8.33. The molecule has 74 valence electrons.